The van der Waals surface area contributed by atoms with Gasteiger partial charge in [0.25, 0.3) is 0 Å². The Hall–Kier alpha value is -1.97. The summed E-state index contributed by atoms with van der Waals surface area (Å²) in [6, 6.07) is 6.24. The lowest BCUT2D eigenvalue weighted by molar-refractivity contribution is -0.134. The summed E-state index contributed by atoms with van der Waals surface area (Å²) in [6.45, 7) is 5.13. The van der Waals surface area contributed by atoms with Gasteiger partial charge in [-0.25, -0.2) is 13.4 Å². The van der Waals surface area contributed by atoms with Crippen LogP contribution in [0.15, 0.2) is 40.7 Å². The van der Waals surface area contributed by atoms with Gasteiger partial charge in [-0.05, 0) is 38.3 Å². The van der Waals surface area contributed by atoms with Crippen molar-refractivity contribution in [1.29, 1.82) is 0 Å². The number of thiazole rings is 1. The number of carbonyl (C=O) groups excluding carboxylic acids is 1. The Bertz CT molecular complexity index is 945. The van der Waals surface area contributed by atoms with Crippen LogP contribution < -0.4 is 4.90 Å². The minimum atomic E-state index is -3.68. The lowest BCUT2D eigenvalue weighted by Crippen LogP contribution is -2.48. The highest BCUT2D eigenvalue weighted by Crippen LogP contribution is 2.28. The summed E-state index contributed by atoms with van der Waals surface area (Å²) in [7, 11) is -3.68. The number of anilines is 1. The van der Waals surface area contributed by atoms with Crippen molar-refractivity contribution in [2.24, 2.45) is 0 Å². The topological polar surface area (TPSA) is 73.8 Å². The number of hydrogen-bond donors (Lipinski definition) is 0. The first kappa shape index (κ1) is 20.3. The van der Waals surface area contributed by atoms with Crippen LogP contribution in [-0.4, -0.2) is 67.3 Å². The van der Waals surface area contributed by atoms with Crippen LogP contribution in [0.5, 0.6) is 0 Å². The molecular weight excluding hydrogens is 408 g/mol. The van der Waals surface area contributed by atoms with Crippen molar-refractivity contribution in [3.63, 3.8) is 0 Å². The fraction of sp³-hybridized carbons (Fsp3) is 0.500. The first-order valence-electron chi connectivity index (χ1n) is 9.98. The molecule has 1 amide bonds. The zero-order valence-electron chi connectivity index (χ0n) is 16.5. The highest BCUT2D eigenvalue weighted by Gasteiger charge is 2.41. The first-order valence-corrected chi connectivity index (χ1v) is 12.3. The van der Waals surface area contributed by atoms with E-state index in [1.165, 1.54) is 4.31 Å². The molecule has 0 bridgehead atoms. The fourth-order valence-corrected chi connectivity index (χ4v) is 6.38. The molecule has 29 heavy (non-hydrogen) atoms. The zero-order valence-corrected chi connectivity index (χ0v) is 18.2. The number of aromatic nitrogens is 1. The van der Waals surface area contributed by atoms with Crippen molar-refractivity contribution in [2.75, 3.05) is 37.6 Å². The van der Waals surface area contributed by atoms with Gasteiger partial charge >= 0.3 is 0 Å². The van der Waals surface area contributed by atoms with E-state index < -0.39 is 16.1 Å². The van der Waals surface area contributed by atoms with Crippen LogP contribution in [0.3, 0.4) is 0 Å². The van der Waals surface area contributed by atoms with E-state index in [1.807, 2.05) is 17.2 Å². The smallest absolute Gasteiger partial charge is 0.243 e. The molecule has 0 unspecified atom stereocenters. The highest BCUT2D eigenvalue weighted by atomic mass is 32.2. The van der Waals surface area contributed by atoms with Crippen LogP contribution in [0.25, 0.3) is 0 Å². The molecule has 0 aliphatic carbocycles. The van der Waals surface area contributed by atoms with Gasteiger partial charge in [0.2, 0.25) is 15.9 Å². The van der Waals surface area contributed by atoms with Crippen molar-refractivity contribution in [1.82, 2.24) is 14.2 Å². The van der Waals surface area contributed by atoms with Crippen molar-refractivity contribution in [3.05, 3.63) is 41.4 Å². The molecule has 0 N–H and O–H groups in total. The third kappa shape index (κ3) is 4.17. The maximum Gasteiger partial charge on any atom is 0.243 e. The van der Waals surface area contributed by atoms with Crippen molar-refractivity contribution in [3.8, 4) is 0 Å². The molecule has 2 fully saturated rings. The third-order valence-electron chi connectivity index (χ3n) is 5.61. The van der Waals surface area contributed by atoms with E-state index >= 15 is 0 Å². The Morgan fingerprint density at radius 1 is 1.07 bits per heavy atom. The van der Waals surface area contributed by atoms with E-state index in [9.17, 15) is 13.2 Å². The largest absolute Gasteiger partial charge is 0.346 e. The van der Waals surface area contributed by atoms with E-state index in [1.54, 1.807) is 41.8 Å². The number of hydrogen-bond acceptors (Lipinski definition) is 6. The summed E-state index contributed by atoms with van der Waals surface area (Å²) < 4.78 is 27.7. The summed E-state index contributed by atoms with van der Waals surface area (Å²) in [4.78, 5) is 21.9. The Balaban J connectivity index is 1.48. The summed E-state index contributed by atoms with van der Waals surface area (Å²) in [5, 5.41) is 2.93. The number of benzene rings is 1. The Morgan fingerprint density at radius 2 is 1.86 bits per heavy atom. The normalized spacial score (nSPS) is 21.3. The maximum absolute atomic E-state index is 13.3. The molecule has 3 heterocycles. The van der Waals surface area contributed by atoms with E-state index in [0.29, 0.717) is 32.5 Å². The van der Waals surface area contributed by atoms with Crippen molar-refractivity contribution >= 4 is 32.4 Å². The van der Waals surface area contributed by atoms with Gasteiger partial charge in [0.05, 0.1) is 4.90 Å². The second kappa shape index (κ2) is 8.41. The van der Waals surface area contributed by atoms with Crippen LogP contribution in [-0.2, 0) is 14.8 Å². The van der Waals surface area contributed by atoms with Crippen LogP contribution in [0.1, 0.15) is 24.8 Å². The number of aryl methyl sites for hydroxylation is 1. The zero-order chi connectivity index (χ0) is 20.4. The second-order valence-corrected chi connectivity index (χ2v) is 10.3. The monoisotopic (exact) mass is 434 g/mol. The summed E-state index contributed by atoms with van der Waals surface area (Å²) in [5.41, 5.74) is 1.01. The predicted molar refractivity (Wildman–Crippen MR) is 114 cm³/mol. The molecule has 2 aromatic rings. The van der Waals surface area contributed by atoms with Gasteiger partial charge in [0.1, 0.15) is 6.04 Å². The molecule has 2 aliphatic heterocycles. The van der Waals surface area contributed by atoms with Crippen LogP contribution >= 0.6 is 11.3 Å². The van der Waals surface area contributed by atoms with Gasteiger partial charge in [-0.15, -0.1) is 11.3 Å². The number of nitrogens with zero attached hydrogens (tertiary/aromatic N) is 4. The lowest BCUT2D eigenvalue weighted by atomic mass is 10.2. The summed E-state index contributed by atoms with van der Waals surface area (Å²) in [5.74, 6) is -0.0702. The van der Waals surface area contributed by atoms with E-state index in [2.05, 4.69) is 9.88 Å². The van der Waals surface area contributed by atoms with Crippen molar-refractivity contribution < 1.29 is 13.2 Å². The molecule has 1 aromatic carbocycles. The van der Waals surface area contributed by atoms with E-state index in [-0.39, 0.29) is 10.8 Å². The standard InChI is InChI=1S/C20H26N4O3S2/c1-16-5-7-17(8-6-16)29(26,27)24-12-2-4-18(24)19(25)22-10-3-11-23(14-13-22)20-21-9-15-28-20/h5-9,15,18H,2-4,10-14H2,1H3/t18-/m0/s1. The minimum Gasteiger partial charge on any atom is -0.346 e. The minimum absolute atomic E-state index is 0.0702. The van der Waals surface area contributed by atoms with Gasteiger partial charge in [-0.3, -0.25) is 4.79 Å². The highest BCUT2D eigenvalue weighted by molar-refractivity contribution is 7.89. The average Bonchev–Trinajstić information content (AvgIpc) is 3.36. The number of amides is 1. The number of carbonyl (C=O) groups is 1. The van der Waals surface area contributed by atoms with Gasteiger partial charge in [0, 0.05) is 44.3 Å². The van der Waals surface area contributed by atoms with Crippen LogP contribution in [0, 0.1) is 6.92 Å². The van der Waals surface area contributed by atoms with Gasteiger partial charge in [-0.2, -0.15) is 4.31 Å². The molecular formula is C20H26N4O3S2. The van der Waals surface area contributed by atoms with Gasteiger partial charge < -0.3 is 9.80 Å². The molecule has 9 heteroatoms. The Kier molecular flexibility index (Phi) is 5.89. The average molecular weight is 435 g/mol. The SMILES string of the molecule is Cc1ccc(S(=O)(=O)N2CCC[C@H]2C(=O)N2CCCN(c3nccs3)CC2)cc1. The van der Waals surface area contributed by atoms with Crippen LogP contribution in [0.4, 0.5) is 5.13 Å². The fourth-order valence-electron chi connectivity index (χ4n) is 4.03. The predicted octanol–water partition coefficient (Wildman–Crippen LogP) is 2.34. The Labute approximate surface area is 176 Å². The molecule has 0 spiro atoms. The summed E-state index contributed by atoms with van der Waals surface area (Å²) in [6.07, 6.45) is 3.93. The quantitative estimate of drug-likeness (QED) is 0.739. The molecule has 7 nitrogen and oxygen atoms in total. The van der Waals surface area contributed by atoms with Gasteiger partial charge in [-0.1, -0.05) is 17.7 Å². The molecule has 2 saturated heterocycles. The molecule has 156 valence electrons. The molecule has 1 atom stereocenters. The lowest BCUT2D eigenvalue weighted by Gasteiger charge is -2.29. The molecule has 4 rings (SSSR count). The second-order valence-electron chi connectivity index (χ2n) is 7.57. The summed E-state index contributed by atoms with van der Waals surface area (Å²) >= 11 is 1.60. The number of rotatable bonds is 4. The molecule has 0 radical (unpaired) electrons. The number of sulfonamides is 1. The molecule has 0 saturated carbocycles. The third-order valence-corrected chi connectivity index (χ3v) is 8.37. The van der Waals surface area contributed by atoms with Crippen LogP contribution in [0.2, 0.25) is 0 Å². The maximum atomic E-state index is 13.3. The molecule has 2 aliphatic rings. The van der Waals surface area contributed by atoms with E-state index in [4.69, 9.17) is 0 Å². The Morgan fingerprint density at radius 3 is 2.59 bits per heavy atom. The first-order chi connectivity index (χ1) is 14.0. The van der Waals surface area contributed by atoms with Gasteiger partial charge in [0.15, 0.2) is 5.13 Å². The van der Waals surface area contributed by atoms with Crippen molar-refractivity contribution in [2.45, 2.75) is 37.1 Å². The van der Waals surface area contributed by atoms with E-state index in [0.717, 1.165) is 30.2 Å². The molecule has 1 aromatic heterocycles.